The summed E-state index contributed by atoms with van der Waals surface area (Å²) in [6, 6.07) is 0. The monoisotopic (exact) mass is 255 g/mol. The zero-order valence-electron chi connectivity index (χ0n) is 8.60. The van der Waals surface area contributed by atoms with Gasteiger partial charge in [-0.15, -0.1) is 0 Å². The fourth-order valence-electron chi connectivity index (χ4n) is 1.01. The minimum atomic E-state index is -4.17. The van der Waals surface area contributed by atoms with Crippen molar-refractivity contribution in [1.29, 1.82) is 0 Å². The van der Waals surface area contributed by atoms with E-state index < -0.39 is 12.6 Å². The summed E-state index contributed by atoms with van der Waals surface area (Å²) in [6.45, 7) is 1.93. The molecule has 0 saturated carbocycles. The third-order valence-corrected chi connectivity index (χ3v) is 2.46. The number of alkyl halides is 3. The van der Waals surface area contributed by atoms with E-state index in [-0.39, 0.29) is 12.4 Å². The van der Waals surface area contributed by atoms with E-state index in [0.717, 1.165) is 11.5 Å². The number of nitrogens with zero attached hydrogens (tertiary/aromatic N) is 1. The molecular weight excluding hydrogens is 243 g/mol. The molecule has 92 valence electrons. The first-order chi connectivity index (χ1) is 7.44. The van der Waals surface area contributed by atoms with Gasteiger partial charge in [0, 0.05) is 6.54 Å². The van der Waals surface area contributed by atoms with Gasteiger partial charge < -0.3 is 15.8 Å². The van der Waals surface area contributed by atoms with Crippen molar-refractivity contribution in [3.63, 3.8) is 0 Å². The van der Waals surface area contributed by atoms with Crippen LogP contribution in [0.25, 0.3) is 0 Å². The Morgan fingerprint density at radius 1 is 1.50 bits per heavy atom. The van der Waals surface area contributed by atoms with E-state index >= 15 is 0 Å². The lowest BCUT2D eigenvalue weighted by molar-refractivity contribution is -0.131. The molecule has 0 spiro atoms. The van der Waals surface area contributed by atoms with Crippen molar-refractivity contribution in [3.05, 3.63) is 0 Å². The van der Waals surface area contributed by atoms with Crippen molar-refractivity contribution < 1.29 is 17.9 Å². The van der Waals surface area contributed by atoms with E-state index in [0.29, 0.717) is 17.4 Å². The molecular formula is C8H12F3N3OS. The Balaban J connectivity index is 2.53. The summed E-state index contributed by atoms with van der Waals surface area (Å²) in [4.78, 5) is 0. The van der Waals surface area contributed by atoms with E-state index in [1.807, 2.05) is 0 Å². The van der Waals surface area contributed by atoms with Crippen molar-refractivity contribution in [3.8, 4) is 5.75 Å². The van der Waals surface area contributed by atoms with Gasteiger partial charge in [-0.1, -0.05) is 0 Å². The van der Waals surface area contributed by atoms with Crippen LogP contribution in [0.3, 0.4) is 0 Å². The molecule has 0 bridgehead atoms. The average Bonchev–Trinajstić information content (AvgIpc) is 2.48. The smallest absolute Gasteiger partial charge is 0.390 e. The summed E-state index contributed by atoms with van der Waals surface area (Å²) in [6.07, 6.45) is -5.08. The minimum Gasteiger partial charge on any atom is -0.487 e. The molecule has 1 aromatic heterocycles. The topological polar surface area (TPSA) is 60.2 Å². The molecule has 1 heterocycles. The van der Waals surface area contributed by atoms with Crippen LogP contribution in [-0.2, 0) is 0 Å². The quantitative estimate of drug-likeness (QED) is 0.848. The first-order valence-electron chi connectivity index (χ1n) is 4.62. The van der Waals surface area contributed by atoms with Gasteiger partial charge in [0.2, 0.25) is 0 Å². The number of rotatable bonds is 5. The SMILES string of the molecule is CCOc1c(N)nsc1NCCC(F)(F)F. The molecule has 3 N–H and O–H groups in total. The summed E-state index contributed by atoms with van der Waals surface area (Å²) in [5.74, 6) is 0.524. The number of anilines is 2. The molecule has 0 aliphatic rings. The highest BCUT2D eigenvalue weighted by Gasteiger charge is 2.26. The molecule has 0 unspecified atom stereocenters. The molecule has 0 aliphatic carbocycles. The van der Waals surface area contributed by atoms with Gasteiger partial charge in [-0.2, -0.15) is 17.5 Å². The van der Waals surface area contributed by atoms with Crippen LogP contribution >= 0.6 is 11.5 Å². The first kappa shape index (κ1) is 12.9. The van der Waals surface area contributed by atoms with Crippen molar-refractivity contribution >= 4 is 22.4 Å². The lowest BCUT2D eigenvalue weighted by Crippen LogP contribution is -2.14. The predicted molar refractivity (Wildman–Crippen MR) is 56.9 cm³/mol. The molecule has 4 nitrogen and oxygen atoms in total. The van der Waals surface area contributed by atoms with E-state index in [1.54, 1.807) is 6.92 Å². The Kier molecular flexibility index (Phi) is 4.22. The minimum absolute atomic E-state index is 0.196. The van der Waals surface area contributed by atoms with Crippen molar-refractivity contribution in [1.82, 2.24) is 4.37 Å². The van der Waals surface area contributed by atoms with Crippen LogP contribution in [0, 0.1) is 0 Å². The molecule has 0 radical (unpaired) electrons. The number of aromatic nitrogens is 1. The standard InChI is InChI=1S/C8H12F3N3OS/c1-2-15-5-6(12)14-16-7(5)13-4-3-8(9,10)11/h13H,2-4H2,1H3,(H2,12,14). The number of nitrogens with one attached hydrogen (secondary N) is 1. The van der Waals surface area contributed by atoms with Gasteiger partial charge in [-0.25, -0.2) is 0 Å². The molecule has 8 heteroatoms. The lowest BCUT2D eigenvalue weighted by atomic mass is 10.4. The van der Waals surface area contributed by atoms with Crippen LogP contribution in [0.1, 0.15) is 13.3 Å². The van der Waals surface area contributed by atoms with Gasteiger partial charge in [-0.3, -0.25) is 0 Å². The number of nitrogens with two attached hydrogens (primary N) is 1. The normalized spacial score (nSPS) is 11.5. The highest BCUT2D eigenvalue weighted by molar-refractivity contribution is 7.11. The number of hydrogen-bond acceptors (Lipinski definition) is 5. The fraction of sp³-hybridized carbons (Fsp3) is 0.625. The summed E-state index contributed by atoms with van der Waals surface area (Å²) < 4.78 is 44.7. The second-order valence-electron chi connectivity index (χ2n) is 2.95. The maximum Gasteiger partial charge on any atom is 0.390 e. The van der Waals surface area contributed by atoms with E-state index in [4.69, 9.17) is 10.5 Å². The zero-order chi connectivity index (χ0) is 12.2. The van der Waals surface area contributed by atoms with E-state index in [1.165, 1.54) is 0 Å². The number of hydrogen-bond donors (Lipinski definition) is 2. The maximum atomic E-state index is 11.9. The van der Waals surface area contributed by atoms with Crippen molar-refractivity contribution in [2.45, 2.75) is 19.5 Å². The van der Waals surface area contributed by atoms with Crippen LogP contribution < -0.4 is 15.8 Å². The summed E-state index contributed by atoms with van der Waals surface area (Å²) >= 11 is 0.988. The predicted octanol–water partition coefficient (Wildman–Crippen LogP) is 2.49. The van der Waals surface area contributed by atoms with Crippen LogP contribution in [0.5, 0.6) is 5.75 Å². The second-order valence-corrected chi connectivity index (χ2v) is 3.72. The van der Waals surface area contributed by atoms with Gasteiger partial charge in [0.1, 0.15) is 0 Å². The van der Waals surface area contributed by atoms with Crippen molar-refractivity contribution in [2.75, 3.05) is 24.2 Å². The fourth-order valence-corrected chi connectivity index (χ4v) is 1.69. The molecule has 0 amide bonds. The van der Waals surface area contributed by atoms with Crippen LogP contribution in [0.4, 0.5) is 24.0 Å². The molecule has 0 saturated heterocycles. The lowest BCUT2D eigenvalue weighted by Gasteiger charge is -2.09. The van der Waals surface area contributed by atoms with Crippen LogP contribution in [0.2, 0.25) is 0 Å². The zero-order valence-corrected chi connectivity index (χ0v) is 9.41. The Hall–Kier alpha value is -1.18. The molecule has 1 rings (SSSR count). The van der Waals surface area contributed by atoms with Gasteiger partial charge in [0.25, 0.3) is 0 Å². The maximum absolute atomic E-state index is 11.9. The Bertz CT molecular complexity index is 340. The Labute approximate surface area is 94.8 Å². The van der Waals surface area contributed by atoms with Crippen LogP contribution in [-0.4, -0.2) is 23.7 Å². The Morgan fingerprint density at radius 2 is 2.19 bits per heavy atom. The number of nitrogen functional groups attached to an aromatic ring is 1. The highest BCUT2D eigenvalue weighted by atomic mass is 32.1. The molecule has 0 fully saturated rings. The van der Waals surface area contributed by atoms with Crippen LogP contribution in [0.15, 0.2) is 0 Å². The molecule has 16 heavy (non-hydrogen) atoms. The molecule has 1 aromatic rings. The third-order valence-electron chi connectivity index (χ3n) is 1.66. The molecule has 0 aliphatic heterocycles. The number of halogens is 3. The summed E-state index contributed by atoms with van der Waals surface area (Å²) in [5.41, 5.74) is 5.50. The second kappa shape index (κ2) is 5.24. The first-order valence-corrected chi connectivity index (χ1v) is 5.40. The Morgan fingerprint density at radius 3 is 2.75 bits per heavy atom. The molecule has 0 atom stereocenters. The third kappa shape index (κ3) is 3.76. The van der Waals surface area contributed by atoms with E-state index in [9.17, 15) is 13.2 Å². The van der Waals surface area contributed by atoms with E-state index in [2.05, 4.69) is 9.69 Å². The average molecular weight is 255 g/mol. The number of ether oxygens (including phenoxy) is 1. The summed E-state index contributed by atoms with van der Waals surface area (Å²) in [5, 5.41) is 3.04. The summed E-state index contributed by atoms with van der Waals surface area (Å²) in [7, 11) is 0. The van der Waals surface area contributed by atoms with Gasteiger partial charge in [0.05, 0.1) is 13.0 Å². The molecule has 0 aromatic carbocycles. The van der Waals surface area contributed by atoms with Crippen molar-refractivity contribution in [2.24, 2.45) is 0 Å². The van der Waals surface area contributed by atoms with Gasteiger partial charge >= 0.3 is 6.18 Å². The largest absolute Gasteiger partial charge is 0.487 e. The van der Waals surface area contributed by atoms with Gasteiger partial charge in [-0.05, 0) is 18.5 Å². The highest BCUT2D eigenvalue weighted by Crippen LogP contribution is 2.35. The van der Waals surface area contributed by atoms with Gasteiger partial charge in [0.15, 0.2) is 16.6 Å².